The minimum Gasteiger partial charge on any atom is -0.480 e. The number of aliphatic carboxylic acids is 1. The number of hydrogen-bond donors (Lipinski definition) is 3. The Morgan fingerprint density at radius 1 is 1.35 bits per heavy atom. The van der Waals surface area contributed by atoms with Gasteiger partial charge in [0.2, 0.25) is 0 Å². The van der Waals surface area contributed by atoms with E-state index in [0.717, 1.165) is 12.8 Å². The fraction of sp³-hybridized carbons (Fsp3) is 0.467. The molecule has 126 valence electrons. The van der Waals surface area contributed by atoms with E-state index >= 15 is 0 Å². The van der Waals surface area contributed by atoms with Gasteiger partial charge in [-0.05, 0) is 37.6 Å². The van der Waals surface area contributed by atoms with Crippen molar-refractivity contribution >= 4 is 40.9 Å². The molecule has 23 heavy (non-hydrogen) atoms. The highest BCUT2D eigenvalue weighted by molar-refractivity contribution is 6.36. The Bertz CT molecular complexity index is 591. The summed E-state index contributed by atoms with van der Waals surface area (Å²) in [6.07, 6.45) is 1.48. The number of carbonyl (C=O) groups is 2. The maximum Gasteiger partial charge on any atom is 0.319 e. The summed E-state index contributed by atoms with van der Waals surface area (Å²) in [7, 11) is 0. The molecule has 0 atom stereocenters. The summed E-state index contributed by atoms with van der Waals surface area (Å²) in [5.41, 5.74) is 0.491. The SMILES string of the molecule is CCN(CC(=O)O)C1CC(NC(=O)Nc2ccc(Cl)cc2Cl)C1. The lowest BCUT2D eigenvalue weighted by Gasteiger charge is -2.42. The lowest BCUT2D eigenvalue weighted by Crippen LogP contribution is -2.55. The van der Waals surface area contributed by atoms with Gasteiger partial charge in [0.15, 0.2) is 0 Å². The first-order chi connectivity index (χ1) is 10.9. The van der Waals surface area contributed by atoms with Crippen molar-refractivity contribution in [1.82, 2.24) is 10.2 Å². The van der Waals surface area contributed by atoms with Gasteiger partial charge in [-0.2, -0.15) is 0 Å². The average Bonchev–Trinajstić information content (AvgIpc) is 2.43. The van der Waals surface area contributed by atoms with E-state index in [1.807, 2.05) is 11.8 Å². The van der Waals surface area contributed by atoms with Crippen molar-refractivity contribution in [3.05, 3.63) is 28.2 Å². The van der Waals surface area contributed by atoms with Gasteiger partial charge in [-0.15, -0.1) is 0 Å². The molecule has 1 aromatic rings. The summed E-state index contributed by atoms with van der Waals surface area (Å²) in [6, 6.07) is 4.74. The molecule has 0 aliphatic heterocycles. The van der Waals surface area contributed by atoms with E-state index in [1.165, 1.54) is 0 Å². The number of anilines is 1. The molecule has 8 heteroatoms. The van der Waals surface area contributed by atoms with Gasteiger partial charge in [0, 0.05) is 17.1 Å². The first-order valence-corrected chi connectivity index (χ1v) is 8.13. The highest BCUT2D eigenvalue weighted by atomic mass is 35.5. The van der Waals surface area contributed by atoms with E-state index in [4.69, 9.17) is 28.3 Å². The zero-order valence-corrected chi connectivity index (χ0v) is 14.2. The fourth-order valence-electron chi connectivity index (χ4n) is 2.61. The van der Waals surface area contributed by atoms with Gasteiger partial charge in [-0.25, -0.2) is 4.79 Å². The quantitative estimate of drug-likeness (QED) is 0.728. The monoisotopic (exact) mass is 359 g/mol. The lowest BCUT2D eigenvalue weighted by molar-refractivity contribution is -0.139. The molecule has 0 saturated heterocycles. The Labute approximate surface area is 144 Å². The molecule has 1 aliphatic carbocycles. The third-order valence-electron chi connectivity index (χ3n) is 3.89. The number of carbonyl (C=O) groups excluding carboxylic acids is 1. The number of benzene rings is 1. The van der Waals surface area contributed by atoms with Crippen LogP contribution in [-0.2, 0) is 4.79 Å². The number of nitrogens with zero attached hydrogens (tertiary/aromatic N) is 1. The minimum absolute atomic E-state index is 0.0282. The van der Waals surface area contributed by atoms with Gasteiger partial charge in [0.25, 0.3) is 0 Å². The summed E-state index contributed by atoms with van der Waals surface area (Å²) < 4.78 is 0. The summed E-state index contributed by atoms with van der Waals surface area (Å²) in [6.45, 7) is 2.63. The van der Waals surface area contributed by atoms with Crippen molar-refractivity contribution in [2.75, 3.05) is 18.4 Å². The van der Waals surface area contributed by atoms with E-state index in [2.05, 4.69) is 10.6 Å². The molecule has 1 aliphatic rings. The Morgan fingerprint density at radius 2 is 2.04 bits per heavy atom. The molecule has 0 unspecified atom stereocenters. The molecule has 1 fully saturated rings. The summed E-state index contributed by atoms with van der Waals surface area (Å²) >= 11 is 11.8. The van der Waals surface area contributed by atoms with Crippen molar-refractivity contribution in [2.24, 2.45) is 0 Å². The number of likely N-dealkylation sites (N-methyl/N-ethyl adjacent to an activating group) is 1. The number of hydrogen-bond acceptors (Lipinski definition) is 3. The summed E-state index contributed by atoms with van der Waals surface area (Å²) in [5.74, 6) is -0.835. The molecule has 6 nitrogen and oxygen atoms in total. The first kappa shape index (κ1) is 17.8. The lowest BCUT2D eigenvalue weighted by atomic mass is 9.85. The predicted octanol–water partition coefficient (Wildman–Crippen LogP) is 3.05. The molecule has 0 aromatic heterocycles. The fourth-order valence-corrected chi connectivity index (χ4v) is 3.07. The van der Waals surface area contributed by atoms with Gasteiger partial charge < -0.3 is 15.7 Å². The van der Waals surface area contributed by atoms with Crippen molar-refractivity contribution < 1.29 is 14.7 Å². The highest BCUT2D eigenvalue weighted by Gasteiger charge is 2.34. The third kappa shape index (κ3) is 4.99. The van der Waals surface area contributed by atoms with Gasteiger partial charge >= 0.3 is 12.0 Å². The average molecular weight is 360 g/mol. The normalized spacial score (nSPS) is 20.0. The number of carboxylic acid groups (broad SMARTS) is 1. The topological polar surface area (TPSA) is 81.7 Å². The van der Waals surface area contributed by atoms with Crippen LogP contribution in [-0.4, -0.2) is 47.2 Å². The van der Waals surface area contributed by atoms with Crippen LogP contribution in [0.3, 0.4) is 0 Å². The van der Waals surface area contributed by atoms with Crippen LogP contribution in [0.5, 0.6) is 0 Å². The largest absolute Gasteiger partial charge is 0.480 e. The number of amides is 2. The highest BCUT2D eigenvalue weighted by Crippen LogP contribution is 2.27. The minimum atomic E-state index is -0.835. The maximum absolute atomic E-state index is 12.0. The molecule has 1 aromatic carbocycles. The van der Waals surface area contributed by atoms with E-state index in [-0.39, 0.29) is 24.7 Å². The van der Waals surface area contributed by atoms with Crippen LogP contribution >= 0.6 is 23.2 Å². The van der Waals surface area contributed by atoms with E-state index in [9.17, 15) is 9.59 Å². The smallest absolute Gasteiger partial charge is 0.319 e. The standard InChI is InChI=1S/C15H19Cl2N3O3/c1-2-20(8-14(21)22)11-6-10(7-11)18-15(23)19-13-4-3-9(16)5-12(13)17/h3-5,10-11H,2,6-8H2,1H3,(H,21,22)(H2,18,19,23). The zero-order valence-electron chi connectivity index (χ0n) is 12.7. The summed E-state index contributed by atoms with van der Waals surface area (Å²) in [5, 5.41) is 15.3. The maximum atomic E-state index is 12.0. The van der Waals surface area contributed by atoms with Gasteiger partial charge in [-0.3, -0.25) is 9.69 Å². The number of rotatable bonds is 6. The van der Waals surface area contributed by atoms with Crippen LogP contribution in [0, 0.1) is 0 Å². The summed E-state index contributed by atoms with van der Waals surface area (Å²) in [4.78, 5) is 24.6. The number of carboxylic acids is 1. The Kier molecular flexibility index (Phi) is 6.10. The van der Waals surface area contributed by atoms with Crippen LogP contribution < -0.4 is 10.6 Å². The zero-order chi connectivity index (χ0) is 17.0. The molecular weight excluding hydrogens is 341 g/mol. The van der Waals surface area contributed by atoms with Crippen molar-refractivity contribution in [3.8, 4) is 0 Å². The Balaban J connectivity index is 1.78. The second-order valence-electron chi connectivity index (χ2n) is 5.50. The van der Waals surface area contributed by atoms with Crippen molar-refractivity contribution in [1.29, 1.82) is 0 Å². The van der Waals surface area contributed by atoms with Crippen LogP contribution in [0.2, 0.25) is 10.0 Å². The van der Waals surface area contributed by atoms with Crippen LogP contribution in [0.15, 0.2) is 18.2 Å². The van der Waals surface area contributed by atoms with Crippen molar-refractivity contribution in [2.45, 2.75) is 31.8 Å². The van der Waals surface area contributed by atoms with Crippen LogP contribution in [0.4, 0.5) is 10.5 Å². The van der Waals surface area contributed by atoms with Gasteiger partial charge in [0.1, 0.15) is 0 Å². The number of nitrogens with one attached hydrogen (secondary N) is 2. The van der Waals surface area contributed by atoms with Gasteiger partial charge in [0.05, 0.1) is 17.3 Å². The number of urea groups is 1. The first-order valence-electron chi connectivity index (χ1n) is 7.37. The molecule has 0 spiro atoms. The Morgan fingerprint density at radius 3 is 2.61 bits per heavy atom. The van der Waals surface area contributed by atoms with E-state index in [0.29, 0.717) is 22.3 Å². The molecule has 2 rings (SSSR count). The molecular formula is C15H19Cl2N3O3. The third-order valence-corrected chi connectivity index (χ3v) is 4.44. The Hall–Kier alpha value is -1.50. The van der Waals surface area contributed by atoms with Gasteiger partial charge in [-0.1, -0.05) is 30.1 Å². The molecule has 0 heterocycles. The van der Waals surface area contributed by atoms with E-state index in [1.54, 1.807) is 18.2 Å². The molecule has 0 radical (unpaired) electrons. The molecule has 3 N–H and O–H groups in total. The molecule has 2 amide bonds. The van der Waals surface area contributed by atoms with E-state index < -0.39 is 5.97 Å². The molecule has 0 bridgehead atoms. The predicted molar refractivity (Wildman–Crippen MR) is 90.3 cm³/mol. The van der Waals surface area contributed by atoms with Crippen molar-refractivity contribution in [3.63, 3.8) is 0 Å². The second-order valence-corrected chi connectivity index (χ2v) is 6.35. The molecule has 1 saturated carbocycles. The number of halogens is 2. The van der Waals surface area contributed by atoms with Crippen LogP contribution in [0.25, 0.3) is 0 Å². The second kappa shape index (κ2) is 7.86. The van der Waals surface area contributed by atoms with Crippen LogP contribution in [0.1, 0.15) is 19.8 Å².